The summed E-state index contributed by atoms with van der Waals surface area (Å²) in [6, 6.07) is 0.377. The van der Waals surface area contributed by atoms with E-state index in [2.05, 4.69) is 22.5 Å². The Bertz CT molecular complexity index is 377. The topological polar surface area (TPSA) is 75.2 Å². The third kappa shape index (κ3) is 8.49. The van der Waals surface area contributed by atoms with E-state index in [1.165, 1.54) is 6.42 Å². The summed E-state index contributed by atoms with van der Waals surface area (Å²) >= 11 is 0. The van der Waals surface area contributed by atoms with Crippen molar-refractivity contribution in [2.45, 2.75) is 45.1 Å². The molecule has 0 aromatic carbocycles. The zero-order valence-corrected chi connectivity index (χ0v) is 15.5. The van der Waals surface area contributed by atoms with Crippen molar-refractivity contribution in [2.75, 3.05) is 53.6 Å². The molecule has 0 aromatic heterocycles. The fourth-order valence-corrected chi connectivity index (χ4v) is 2.75. The van der Waals surface area contributed by atoms with Gasteiger partial charge in [-0.15, -0.1) is 0 Å². The highest BCUT2D eigenvalue weighted by atomic mass is 16.5. The lowest BCUT2D eigenvalue weighted by molar-refractivity contribution is -0.134. The maximum atomic E-state index is 12.3. The Balaban J connectivity index is 2.10. The van der Waals surface area contributed by atoms with Gasteiger partial charge in [0.2, 0.25) is 5.91 Å². The van der Waals surface area contributed by atoms with Crippen LogP contribution in [0.25, 0.3) is 0 Å². The number of amides is 1. The number of carbonyl (C=O) groups is 1. The molecule has 1 heterocycles. The molecule has 0 saturated carbocycles. The summed E-state index contributed by atoms with van der Waals surface area (Å²) in [5.41, 5.74) is 0. The van der Waals surface area contributed by atoms with Gasteiger partial charge in [-0.25, -0.2) is 0 Å². The van der Waals surface area contributed by atoms with Crippen molar-refractivity contribution in [2.24, 2.45) is 4.99 Å². The summed E-state index contributed by atoms with van der Waals surface area (Å²) in [6.07, 6.45) is 4.88. The second-order valence-electron chi connectivity index (χ2n) is 6.07. The predicted octanol–water partition coefficient (Wildman–Crippen LogP) is 0.996. The third-order valence-electron chi connectivity index (χ3n) is 4.17. The molecule has 0 radical (unpaired) electrons. The Hall–Kier alpha value is -1.34. The number of piperidine rings is 1. The number of hydrogen-bond donors (Lipinski definition) is 2. The van der Waals surface area contributed by atoms with Crippen molar-refractivity contribution in [3.63, 3.8) is 0 Å². The summed E-state index contributed by atoms with van der Waals surface area (Å²) in [5, 5.41) is 6.42. The molecule has 0 bridgehead atoms. The molecule has 1 saturated heterocycles. The molecule has 1 rings (SSSR count). The van der Waals surface area contributed by atoms with Crippen LogP contribution in [0.3, 0.4) is 0 Å². The van der Waals surface area contributed by atoms with Gasteiger partial charge in [-0.1, -0.05) is 0 Å². The molecular weight excluding hydrogens is 308 g/mol. The number of nitrogens with one attached hydrogen (secondary N) is 2. The van der Waals surface area contributed by atoms with Crippen molar-refractivity contribution >= 4 is 11.9 Å². The van der Waals surface area contributed by atoms with Crippen LogP contribution in [0.1, 0.15) is 39.0 Å². The molecule has 24 heavy (non-hydrogen) atoms. The molecule has 7 heteroatoms. The molecule has 1 amide bonds. The summed E-state index contributed by atoms with van der Waals surface area (Å²) in [6.45, 7) is 6.37. The Labute approximate surface area is 146 Å². The minimum absolute atomic E-state index is 0.233. The Morgan fingerprint density at radius 2 is 2.00 bits per heavy atom. The molecule has 0 aliphatic carbocycles. The van der Waals surface area contributed by atoms with Gasteiger partial charge in [-0.05, 0) is 32.6 Å². The van der Waals surface area contributed by atoms with E-state index in [9.17, 15) is 4.79 Å². The van der Waals surface area contributed by atoms with Crippen molar-refractivity contribution < 1.29 is 14.3 Å². The minimum Gasteiger partial charge on any atom is -0.382 e. The van der Waals surface area contributed by atoms with Crippen LogP contribution in [0, 0.1) is 0 Å². The quantitative estimate of drug-likeness (QED) is 0.352. The molecule has 1 fully saturated rings. The molecule has 1 aliphatic rings. The van der Waals surface area contributed by atoms with Crippen molar-refractivity contribution in [1.82, 2.24) is 15.5 Å². The van der Waals surface area contributed by atoms with Crippen LogP contribution in [-0.2, 0) is 14.3 Å². The molecule has 1 aliphatic heterocycles. The van der Waals surface area contributed by atoms with Gasteiger partial charge in [0.15, 0.2) is 5.96 Å². The second kappa shape index (κ2) is 13.0. The summed E-state index contributed by atoms with van der Waals surface area (Å²) in [5.74, 6) is 0.961. The maximum absolute atomic E-state index is 12.3. The van der Waals surface area contributed by atoms with Crippen LogP contribution >= 0.6 is 0 Å². The highest BCUT2D eigenvalue weighted by Gasteiger charge is 2.22. The van der Waals surface area contributed by atoms with Gasteiger partial charge in [-0.3, -0.25) is 9.79 Å². The van der Waals surface area contributed by atoms with E-state index in [4.69, 9.17) is 9.47 Å². The van der Waals surface area contributed by atoms with Crippen molar-refractivity contribution in [3.05, 3.63) is 0 Å². The fraction of sp³-hybridized carbons (Fsp3) is 0.882. The van der Waals surface area contributed by atoms with Gasteiger partial charge in [0, 0.05) is 52.9 Å². The van der Waals surface area contributed by atoms with Crippen LogP contribution in [-0.4, -0.2) is 76.4 Å². The van der Waals surface area contributed by atoms with Gasteiger partial charge in [0.1, 0.15) is 0 Å². The van der Waals surface area contributed by atoms with Crippen molar-refractivity contribution in [1.29, 1.82) is 0 Å². The molecule has 140 valence electrons. The van der Waals surface area contributed by atoms with Gasteiger partial charge < -0.3 is 25.0 Å². The average Bonchev–Trinajstić information content (AvgIpc) is 2.59. The lowest BCUT2D eigenvalue weighted by Gasteiger charge is -2.33. The number of likely N-dealkylation sites (tertiary alicyclic amines) is 1. The van der Waals surface area contributed by atoms with Crippen LogP contribution in [0.15, 0.2) is 4.99 Å². The second-order valence-corrected chi connectivity index (χ2v) is 6.07. The summed E-state index contributed by atoms with van der Waals surface area (Å²) in [7, 11) is 3.40. The van der Waals surface area contributed by atoms with Crippen LogP contribution in [0.2, 0.25) is 0 Å². The Morgan fingerprint density at radius 3 is 2.71 bits per heavy atom. The first-order valence-corrected chi connectivity index (χ1v) is 8.99. The monoisotopic (exact) mass is 342 g/mol. The third-order valence-corrected chi connectivity index (χ3v) is 4.17. The SMILES string of the molecule is CN=C(NCCCOCCOC)NCCC(=O)N1CCCCC1C. The normalized spacial score (nSPS) is 18.5. The smallest absolute Gasteiger partial charge is 0.224 e. The highest BCUT2D eigenvalue weighted by Crippen LogP contribution is 2.16. The van der Waals surface area contributed by atoms with E-state index in [1.807, 2.05) is 4.90 Å². The number of nitrogens with zero attached hydrogens (tertiary/aromatic N) is 2. The van der Waals surface area contributed by atoms with Crippen molar-refractivity contribution in [3.8, 4) is 0 Å². The van der Waals surface area contributed by atoms with E-state index in [1.54, 1.807) is 14.2 Å². The number of aliphatic imine (C=N–C) groups is 1. The lowest BCUT2D eigenvalue weighted by atomic mass is 10.0. The summed E-state index contributed by atoms with van der Waals surface area (Å²) < 4.78 is 10.3. The molecule has 2 N–H and O–H groups in total. The first-order chi connectivity index (χ1) is 11.7. The fourth-order valence-electron chi connectivity index (χ4n) is 2.75. The van der Waals surface area contributed by atoms with E-state index in [0.717, 1.165) is 38.3 Å². The maximum Gasteiger partial charge on any atom is 0.224 e. The molecule has 7 nitrogen and oxygen atoms in total. The minimum atomic E-state index is 0.233. The van der Waals surface area contributed by atoms with Crippen LogP contribution in [0.4, 0.5) is 0 Å². The Kier molecular flexibility index (Phi) is 11.2. The number of methoxy groups -OCH3 is 1. The lowest BCUT2D eigenvalue weighted by Crippen LogP contribution is -2.44. The Morgan fingerprint density at radius 1 is 1.21 bits per heavy atom. The highest BCUT2D eigenvalue weighted by molar-refractivity contribution is 5.81. The molecule has 0 aromatic rings. The van der Waals surface area contributed by atoms with Gasteiger partial charge in [0.25, 0.3) is 0 Å². The van der Waals surface area contributed by atoms with Crippen LogP contribution in [0.5, 0.6) is 0 Å². The van der Waals surface area contributed by atoms with E-state index in [-0.39, 0.29) is 5.91 Å². The van der Waals surface area contributed by atoms with Gasteiger partial charge in [-0.2, -0.15) is 0 Å². The van der Waals surface area contributed by atoms with Crippen LogP contribution < -0.4 is 10.6 Å². The number of rotatable bonds is 10. The van der Waals surface area contributed by atoms with E-state index >= 15 is 0 Å². The zero-order valence-electron chi connectivity index (χ0n) is 15.5. The number of hydrogen-bond acceptors (Lipinski definition) is 4. The number of guanidine groups is 1. The summed E-state index contributed by atoms with van der Waals surface area (Å²) in [4.78, 5) is 18.4. The zero-order chi connectivity index (χ0) is 17.6. The largest absolute Gasteiger partial charge is 0.382 e. The standard InChI is InChI=1S/C17H34N4O3/c1-15-7-4-5-11-21(15)16(22)8-10-20-17(18-2)19-9-6-12-24-14-13-23-3/h15H,4-14H2,1-3H3,(H2,18,19,20). The predicted molar refractivity (Wildman–Crippen MR) is 96.3 cm³/mol. The van der Waals surface area contributed by atoms with Gasteiger partial charge >= 0.3 is 0 Å². The molecule has 1 atom stereocenters. The first kappa shape index (κ1) is 20.7. The molecule has 0 spiro atoms. The van der Waals surface area contributed by atoms with E-state index in [0.29, 0.717) is 38.8 Å². The molecule has 1 unspecified atom stereocenters. The average molecular weight is 342 g/mol. The van der Waals surface area contributed by atoms with E-state index < -0.39 is 0 Å². The number of ether oxygens (including phenoxy) is 2. The van der Waals surface area contributed by atoms with Gasteiger partial charge in [0.05, 0.1) is 13.2 Å². The number of carbonyl (C=O) groups excluding carboxylic acids is 1. The first-order valence-electron chi connectivity index (χ1n) is 8.99. The molecular formula is C17H34N4O3.